The number of nitrogens with two attached hydrogens (primary N) is 2. The fraction of sp³-hybridized carbons (Fsp3) is 0.583. The lowest BCUT2D eigenvalue weighted by molar-refractivity contribution is -0.131. The highest BCUT2D eigenvalue weighted by molar-refractivity contribution is 7.12. The van der Waals surface area contributed by atoms with Crippen molar-refractivity contribution in [3.05, 3.63) is 21.9 Å². The maximum atomic E-state index is 11.5. The number of hydrogen-bond acceptors (Lipinski definition) is 5. The summed E-state index contributed by atoms with van der Waals surface area (Å²) in [6, 6.07) is 3.81. The number of primary amides is 1. The molecule has 2 unspecified atom stereocenters. The van der Waals surface area contributed by atoms with Crippen molar-refractivity contribution in [3.63, 3.8) is 0 Å². The van der Waals surface area contributed by atoms with E-state index in [1.54, 1.807) is 11.3 Å². The van der Waals surface area contributed by atoms with Crippen LogP contribution >= 0.6 is 11.3 Å². The van der Waals surface area contributed by atoms with E-state index in [-0.39, 0.29) is 18.0 Å². The molecule has 0 saturated carbocycles. The van der Waals surface area contributed by atoms with Gasteiger partial charge in [-0.3, -0.25) is 9.69 Å². The number of ether oxygens (including phenoxy) is 1. The molecule has 0 aromatic carbocycles. The molecule has 100 valence electrons. The minimum Gasteiger partial charge on any atom is -0.378 e. The van der Waals surface area contributed by atoms with Gasteiger partial charge < -0.3 is 16.2 Å². The summed E-state index contributed by atoms with van der Waals surface area (Å²) in [4.78, 5) is 16.0. The number of thiophene rings is 1. The predicted molar refractivity (Wildman–Crippen MR) is 71.4 cm³/mol. The molecule has 1 amide bonds. The second kappa shape index (κ2) is 5.79. The van der Waals surface area contributed by atoms with Crippen LogP contribution < -0.4 is 11.5 Å². The Morgan fingerprint density at radius 1 is 1.67 bits per heavy atom. The smallest absolute Gasteiger partial charge is 0.237 e. The van der Waals surface area contributed by atoms with Crippen molar-refractivity contribution in [2.75, 3.05) is 26.3 Å². The zero-order chi connectivity index (χ0) is 13.1. The first-order chi connectivity index (χ1) is 8.63. The lowest BCUT2D eigenvalue weighted by Crippen LogP contribution is -2.54. The van der Waals surface area contributed by atoms with Gasteiger partial charge in [0.2, 0.25) is 5.91 Å². The summed E-state index contributed by atoms with van der Waals surface area (Å²) in [6.07, 6.45) is 0. The molecule has 1 aromatic rings. The third-order valence-corrected chi connectivity index (χ3v) is 4.31. The molecule has 2 rings (SSSR count). The molecule has 6 heteroatoms. The Hall–Kier alpha value is -0.950. The highest BCUT2D eigenvalue weighted by atomic mass is 32.1. The van der Waals surface area contributed by atoms with E-state index in [0.717, 1.165) is 0 Å². The number of amides is 1. The monoisotopic (exact) mass is 269 g/mol. The van der Waals surface area contributed by atoms with E-state index < -0.39 is 0 Å². The second-order valence-corrected chi connectivity index (χ2v) is 5.75. The number of nitrogens with zero attached hydrogens (tertiary/aromatic N) is 1. The Bertz CT molecular complexity index is 421. The van der Waals surface area contributed by atoms with Crippen LogP contribution in [0.2, 0.25) is 0 Å². The second-order valence-electron chi connectivity index (χ2n) is 4.43. The minimum absolute atomic E-state index is 0.0464. The Balaban J connectivity index is 2.22. The molecule has 1 fully saturated rings. The Morgan fingerprint density at radius 3 is 3.00 bits per heavy atom. The number of morpholine rings is 1. The van der Waals surface area contributed by atoms with Crippen LogP contribution in [0.4, 0.5) is 0 Å². The van der Waals surface area contributed by atoms with Crippen molar-refractivity contribution in [2.45, 2.75) is 19.0 Å². The fourth-order valence-electron chi connectivity index (χ4n) is 2.28. The molecule has 1 aromatic heterocycles. The molecular formula is C12H19N3O2S. The van der Waals surface area contributed by atoms with E-state index in [0.29, 0.717) is 26.3 Å². The molecule has 1 aliphatic heterocycles. The van der Waals surface area contributed by atoms with Gasteiger partial charge in [-0.25, -0.2) is 0 Å². The van der Waals surface area contributed by atoms with E-state index in [1.165, 1.54) is 9.75 Å². The zero-order valence-corrected chi connectivity index (χ0v) is 11.3. The van der Waals surface area contributed by atoms with Crippen LogP contribution in [0.5, 0.6) is 0 Å². The van der Waals surface area contributed by atoms with Crippen molar-refractivity contribution in [1.29, 1.82) is 0 Å². The Morgan fingerprint density at radius 2 is 2.44 bits per heavy atom. The SMILES string of the molecule is Cc1ccc(C(CN)N2CCOCC2C(N)=O)s1. The van der Waals surface area contributed by atoms with Gasteiger partial charge in [-0.1, -0.05) is 0 Å². The number of aryl methyl sites for hydroxylation is 1. The van der Waals surface area contributed by atoms with Crippen molar-refractivity contribution in [1.82, 2.24) is 4.90 Å². The van der Waals surface area contributed by atoms with Gasteiger partial charge in [0.15, 0.2) is 0 Å². The van der Waals surface area contributed by atoms with Gasteiger partial charge in [0.25, 0.3) is 0 Å². The van der Waals surface area contributed by atoms with Gasteiger partial charge in [0, 0.05) is 22.8 Å². The first-order valence-electron chi connectivity index (χ1n) is 6.02. The van der Waals surface area contributed by atoms with Crippen LogP contribution in [-0.2, 0) is 9.53 Å². The normalized spacial score (nSPS) is 22.9. The van der Waals surface area contributed by atoms with Gasteiger partial charge in [0.1, 0.15) is 6.04 Å². The molecular weight excluding hydrogens is 250 g/mol. The molecule has 0 aliphatic carbocycles. The standard InChI is InChI=1S/C12H19N3O2S/c1-8-2-3-11(18-8)9(6-13)15-4-5-17-7-10(15)12(14)16/h2-3,9-10H,4-7,13H2,1H3,(H2,14,16). The summed E-state index contributed by atoms with van der Waals surface area (Å²) in [5, 5.41) is 0. The van der Waals surface area contributed by atoms with Crippen LogP contribution in [0.25, 0.3) is 0 Å². The molecule has 0 spiro atoms. The van der Waals surface area contributed by atoms with Crippen LogP contribution in [0.1, 0.15) is 15.8 Å². The third-order valence-electron chi connectivity index (χ3n) is 3.21. The molecule has 0 radical (unpaired) electrons. The number of carbonyl (C=O) groups is 1. The predicted octanol–water partition coefficient (Wildman–Crippen LogP) is 0.242. The zero-order valence-electron chi connectivity index (χ0n) is 10.5. The highest BCUT2D eigenvalue weighted by Crippen LogP contribution is 2.29. The van der Waals surface area contributed by atoms with Crippen LogP contribution in [-0.4, -0.2) is 43.2 Å². The maximum Gasteiger partial charge on any atom is 0.237 e. The van der Waals surface area contributed by atoms with E-state index in [4.69, 9.17) is 16.2 Å². The summed E-state index contributed by atoms with van der Waals surface area (Å²) < 4.78 is 5.33. The summed E-state index contributed by atoms with van der Waals surface area (Å²) in [7, 11) is 0. The van der Waals surface area contributed by atoms with E-state index in [9.17, 15) is 4.79 Å². The van der Waals surface area contributed by atoms with Gasteiger partial charge >= 0.3 is 0 Å². The molecule has 1 saturated heterocycles. The van der Waals surface area contributed by atoms with Crippen molar-refractivity contribution in [3.8, 4) is 0 Å². The first-order valence-corrected chi connectivity index (χ1v) is 6.84. The van der Waals surface area contributed by atoms with Crippen molar-refractivity contribution in [2.24, 2.45) is 11.5 Å². The molecule has 0 bridgehead atoms. The summed E-state index contributed by atoms with van der Waals surface area (Å²) in [6.45, 7) is 4.20. The van der Waals surface area contributed by atoms with Gasteiger partial charge in [-0.05, 0) is 19.1 Å². The fourth-order valence-corrected chi connectivity index (χ4v) is 3.29. The maximum absolute atomic E-state index is 11.5. The van der Waals surface area contributed by atoms with Crippen LogP contribution in [0.3, 0.4) is 0 Å². The molecule has 2 atom stereocenters. The lowest BCUT2D eigenvalue weighted by Gasteiger charge is -2.38. The number of rotatable bonds is 4. The Kier molecular flexibility index (Phi) is 4.34. The van der Waals surface area contributed by atoms with Gasteiger partial charge in [-0.15, -0.1) is 11.3 Å². The van der Waals surface area contributed by atoms with Crippen LogP contribution in [0, 0.1) is 6.92 Å². The quantitative estimate of drug-likeness (QED) is 0.820. The molecule has 4 N–H and O–H groups in total. The topological polar surface area (TPSA) is 81.6 Å². The van der Waals surface area contributed by atoms with Gasteiger partial charge in [-0.2, -0.15) is 0 Å². The molecule has 1 aliphatic rings. The largest absolute Gasteiger partial charge is 0.378 e. The number of hydrogen-bond donors (Lipinski definition) is 2. The lowest BCUT2D eigenvalue weighted by atomic mass is 10.1. The average Bonchev–Trinajstić information content (AvgIpc) is 2.77. The summed E-state index contributed by atoms with van der Waals surface area (Å²) in [5.74, 6) is -0.346. The minimum atomic E-state index is -0.380. The molecule has 2 heterocycles. The summed E-state index contributed by atoms with van der Waals surface area (Å²) in [5.41, 5.74) is 11.3. The molecule has 18 heavy (non-hydrogen) atoms. The van der Waals surface area contributed by atoms with Crippen molar-refractivity contribution >= 4 is 17.2 Å². The van der Waals surface area contributed by atoms with E-state index in [2.05, 4.69) is 24.0 Å². The molecule has 5 nitrogen and oxygen atoms in total. The Labute approximate surface area is 111 Å². The van der Waals surface area contributed by atoms with Crippen LogP contribution in [0.15, 0.2) is 12.1 Å². The third kappa shape index (κ3) is 2.72. The van der Waals surface area contributed by atoms with E-state index in [1.807, 2.05) is 0 Å². The van der Waals surface area contributed by atoms with Gasteiger partial charge in [0.05, 0.1) is 19.3 Å². The van der Waals surface area contributed by atoms with Crippen molar-refractivity contribution < 1.29 is 9.53 Å². The number of carbonyl (C=O) groups excluding carboxylic acids is 1. The first kappa shape index (κ1) is 13.5. The highest BCUT2D eigenvalue weighted by Gasteiger charge is 2.33. The van der Waals surface area contributed by atoms with E-state index >= 15 is 0 Å². The summed E-state index contributed by atoms with van der Waals surface area (Å²) >= 11 is 1.71. The average molecular weight is 269 g/mol.